The predicted molar refractivity (Wildman–Crippen MR) is 349 cm³/mol. The van der Waals surface area contributed by atoms with E-state index < -0.39 is 6.10 Å². The molecule has 0 heterocycles. The van der Waals surface area contributed by atoms with E-state index in [9.17, 15) is 14.4 Å². The van der Waals surface area contributed by atoms with Gasteiger partial charge in [-0.15, -0.1) is 0 Å². The minimum atomic E-state index is -0.782. The molecule has 0 radical (unpaired) electrons. The topological polar surface area (TPSA) is 78.9 Å². The second kappa shape index (κ2) is 68.9. The summed E-state index contributed by atoms with van der Waals surface area (Å²) in [5.74, 6) is -0.875. The molecule has 6 heteroatoms. The number of carbonyl (C=O) groups excluding carboxylic acids is 3. The minimum absolute atomic E-state index is 0.0767. The molecule has 1 unspecified atom stereocenters. The van der Waals surface area contributed by atoms with Gasteiger partial charge in [0.1, 0.15) is 13.2 Å². The molecule has 0 saturated heterocycles. The van der Waals surface area contributed by atoms with Crippen molar-refractivity contribution in [3.8, 4) is 0 Å². The van der Waals surface area contributed by atoms with Crippen LogP contribution in [-0.2, 0) is 28.6 Å². The predicted octanol–water partition coefficient (Wildman–Crippen LogP) is 24.5. The van der Waals surface area contributed by atoms with Crippen molar-refractivity contribution in [2.45, 2.75) is 393 Å². The van der Waals surface area contributed by atoms with Gasteiger partial charge in [-0.25, -0.2) is 0 Å². The van der Waals surface area contributed by atoms with E-state index in [0.29, 0.717) is 19.3 Å². The number of rotatable bonds is 66. The Kier molecular flexibility index (Phi) is 66.6. The summed E-state index contributed by atoms with van der Waals surface area (Å²) in [6, 6.07) is 0. The van der Waals surface area contributed by atoms with Crippen LogP contribution in [0.1, 0.15) is 387 Å². The SMILES string of the molecule is CC/C=C\C/C=C\C/C=C\CCCCCCCC(=O)OCC(COC(=O)CCCCCCCCCCCCCCCCCCCCCCCCCCCCCCCC)OC(=O)CCCCCCCCC/C=C\CCCCCCCC. The first-order chi connectivity index (χ1) is 39.5. The highest BCUT2D eigenvalue weighted by Crippen LogP contribution is 2.19. The van der Waals surface area contributed by atoms with Gasteiger partial charge in [-0.3, -0.25) is 14.4 Å². The summed E-state index contributed by atoms with van der Waals surface area (Å²) < 4.78 is 17.0. The quantitative estimate of drug-likeness (QED) is 0.0261. The molecule has 0 saturated carbocycles. The highest BCUT2D eigenvalue weighted by Gasteiger charge is 2.19. The van der Waals surface area contributed by atoms with Crippen LogP contribution < -0.4 is 0 Å². The summed E-state index contributed by atoms with van der Waals surface area (Å²) in [6.07, 6.45) is 87.3. The molecule has 0 aliphatic carbocycles. The third-order valence-electron chi connectivity index (χ3n) is 16.1. The Morgan fingerprint density at radius 1 is 0.263 bits per heavy atom. The number of hydrogen-bond acceptors (Lipinski definition) is 6. The lowest BCUT2D eigenvalue weighted by atomic mass is 10.0. The zero-order valence-corrected chi connectivity index (χ0v) is 53.9. The van der Waals surface area contributed by atoms with Gasteiger partial charge >= 0.3 is 17.9 Å². The maximum Gasteiger partial charge on any atom is 0.306 e. The van der Waals surface area contributed by atoms with Gasteiger partial charge < -0.3 is 14.2 Å². The molecule has 6 nitrogen and oxygen atoms in total. The Labute approximate surface area is 498 Å². The normalized spacial score (nSPS) is 12.3. The van der Waals surface area contributed by atoms with Crippen molar-refractivity contribution < 1.29 is 28.6 Å². The molecule has 0 rings (SSSR count). The first-order valence-electron chi connectivity index (χ1n) is 35.6. The molecule has 468 valence electrons. The van der Waals surface area contributed by atoms with Gasteiger partial charge in [0.05, 0.1) is 0 Å². The van der Waals surface area contributed by atoms with Crippen LogP contribution >= 0.6 is 0 Å². The van der Waals surface area contributed by atoms with Crippen LogP contribution in [0, 0.1) is 0 Å². The number of allylic oxidation sites excluding steroid dienone is 8. The Balaban J connectivity index is 4.19. The third-order valence-corrected chi connectivity index (χ3v) is 16.1. The van der Waals surface area contributed by atoms with E-state index in [-0.39, 0.29) is 31.1 Å². The number of ether oxygens (including phenoxy) is 3. The Bertz CT molecular complexity index is 1380. The van der Waals surface area contributed by atoms with Crippen LogP contribution in [0.2, 0.25) is 0 Å². The molecule has 0 aromatic rings. The van der Waals surface area contributed by atoms with E-state index in [0.717, 1.165) is 96.3 Å². The molecule has 0 aromatic carbocycles. The van der Waals surface area contributed by atoms with Crippen molar-refractivity contribution in [2.75, 3.05) is 13.2 Å². The fourth-order valence-corrected chi connectivity index (χ4v) is 10.8. The van der Waals surface area contributed by atoms with Crippen molar-refractivity contribution in [1.29, 1.82) is 0 Å². The summed E-state index contributed by atoms with van der Waals surface area (Å²) in [7, 11) is 0. The summed E-state index contributed by atoms with van der Waals surface area (Å²) >= 11 is 0. The van der Waals surface area contributed by atoms with Gasteiger partial charge in [-0.05, 0) is 77.0 Å². The van der Waals surface area contributed by atoms with Gasteiger partial charge in [0.2, 0.25) is 0 Å². The first kappa shape index (κ1) is 77.4. The first-order valence-corrected chi connectivity index (χ1v) is 35.6. The van der Waals surface area contributed by atoms with Crippen LogP contribution in [0.3, 0.4) is 0 Å². The highest BCUT2D eigenvalue weighted by atomic mass is 16.6. The van der Waals surface area contributed by atoms with E-state index >= 15 is 0 Å². The Hall–Kier alpha value is -2.63. The van der Waals surface area contributed by atoms with E-state index in [4.69, 9.17) is 14.2 Å². The van der Waals surface area contributed by atoms with Crippen LogP contribution in [0.15, 0.2) is 48.6 Å². The van der Waals surface area contributed by atoms with E-state index in [1.807, 2.05) is 0 Å². The smallest absolute Gasteiger partial charge is 0.306 e. The average Bonchev–Trinajstić information content (AvgIpc) is 3.46. The molecule has 0 fully saturated rings. The van der Waals surface area contributed by atoms with Crippen molar-refractivity contribution in [1.82, 2.24) is 0 Å². The molecule has 0 N–H and O–H groups in total. The molecule has 0 aliphatic heterocycles. The van der Waals surface area contributed by atoms with Gasteiger partial charge in [0.25, 0.3) is 0 Å². The Morgan fingerprint density at radius 2 is 0.487 bits per heavy atom. The standard InChI is InChI=1S/C74H136O6/c1-4-7-10-13-16-19-22-25-28-30-31-32-33-34-35-36-37-38-39-40-41-42-44-46-49-52-55-58-61-64-67-73(76)79-70-71(69-78-72(75)66-63-60-57-54-51-48-45-27-24-21-18-15-12-9-6-3)80-74(77)68-65-62-59-56-53-50-47-43-29-26-23-20-17-14-11-8-5-2/h9,12,18,21,26-27,29,45,71H,4-8,10-11,13-17,19-20,22-25,28,30-44,46-70H2,1-3H3/b12-9-,21-18-,29-26-,45-27-. The maximum atomic E-state index is 12.9. The number of hydrogen-bond donors (Lipinski definition) is 0. The number of unbranched alkanes of at least 4 members (excludes halogenated alkanes) is 47. The molecule has 0 aliphatic rings. The van der Waals surface area contributed by atoms with E-state index in [2.05, 4.69) is 69.4 Å². The second-order valence-electron chi connectivity index (χ2n) is 24.1. The lowest BCUT2D eigenvalue weighted by molar-refractivity contribution is -0.167. The molecule has 0 amide bonds. The van der Waals surface area contributed by atoms with Gasteiger partial charge in [0, 0.05) is 19.3 Å². The van der Waals surface area contributed by atoms with Crippen LogP contribution in [-0.4, -0.2) is 37.2 Å². The molecule has 0 aromatic heterocycles. The van der Waals surface area contributed by atoms with Gasteiger partial charge in [0.15, 0.2) is 6.10 Å². The zero-order valence-electron chi connectivity index (χ0n) is 53.9. The lowest BCUT2D eigenvalue weighted by Gasteiger charge is -2.18. The van der Waals surface area contributed by atoms with Crippen molar-refractivity contribution in [3.05, 3.63) is 48.6 Å². The molecular formula is C74H136O6. The fraction of sp³-hybridized carbons (Fsp3) is 0.851. The second-order valence-corrected chi connectivity index (χ2v) is 24.1. The van der Waals surface area contributed by atoms with E-state index in [1.165, 1.54) is 250 Å². The largest absolute Gasteiger partial charge is 0.462 e. The molecule has 1 atom stereocenters. The molecular weight excluding hydrogens is 985 g/mol. The summed E-state index contributed by atoms with van der Waals surface area (Å²) in [4.78, 5) is 38.4. The summed E-state index contributed by atoms with van der Waals surface area (Å²) in [5, 5.41) is 0. The number of carbonyl (C=O) groups is 3. The van der Waals surface area contributed by atoms with Gasteiger partial charge in [-0.2, -0.15) is 0 Å². The zero-order chi connectivity index (χ0) is 57.8. The molecule has 0 spiro atoms. The Morgan fingerprint density at radius 3 is 0.775 bits per heavy atom. The van der Waals surface area contributed by atoms with Crippen molar-refractivity contribution >= 4 is 17.9 Å². The molecule has 80 heavy (non-hydrogen) atoms. The van der Waals surface area contributed by atoms with Crippen LogP contribution in [0.5, 0.6) is 0 Å². The summed E-state index contributed by atoms with van der Waals surface area (Å²) in [6.45, 7) is 6.57. The minimum Gasteiger partial charge on any atom is -0.462 e. The third kappa shape index (κ3) is 66.2. The van der Waals surface area contributed by atoms with Crippen LogP contribution in [0.25, 0.3) is 0 Å². The highest BCUT2D eigenvalue weighted by molar-refractivity contribution is 5.71. The van der Waals surface area contributed by atoms with Gasteiger partial charge in [-0.1, -0.05) is 339 Å². The maximum absolute atomic E-state index is 12.9. The van der Waals surface area contributed by atoms with Crippen molar-refractivity contribution in [2.24, 2.45) is 0 Å². The van der Waals surface area contributed by atoms with Crippen molar-refractivity contribution in [3.63, 3.8) is 0 Å². The van der Waals surface area contributed by atoms with E-state index in [1.54, 1.807) is 0 Å². The molecule has 0 bridgehead atoms. The monoisotopic (exact) mass is 1120 g/mol. The average molecular weight is 1120 g/mol. The lowest BCUT2D eigenvalue weighted by Crippen LogP contribution is -2.30. The number of esters is 3. The summed E-state index contributed by atoms with van der Waals surface area (Å²) in [5.41, 5.74) is 0. The fourth-order valence-electron chi connectivity index (χ4n) is 10.8. The van der Waals surface area contributed by atoms with Crippen LogP contribution in [0.4, 0.5) is 0 Å².